The number of carbonyl (C=O) groups excluding carboxylic acids is 1. The quantitative estimate of drug-likeness (QED) is 0.729. The van der Waals surface area contributed by atoms with Crippen molar-refractivity contribution in [2.75, 3.05) is 13.2 Å². The van der Waals surface area contributed by atoms with E-state index in [9.17, 15) is 9.59 Å². The van der Waals surface area contributed by atoms with E-state index in [4.69, 9.17) is 9.52 Å². The second kappa shape index (κ2) is 5.92. The first-order valence-electron chi connectivity index (χ1n) is 4.69. The van der Waals surface area contributed by atoms with E-state index in [1.54, 1.807) is 19.1 Å². The van der Waals surface area contributed by atoms with Crippen molar-refractivity contribution < 1.29 is 23.8 Å². The van der Waals surface area contributed by atoms with Crippen molar-refractivity contribution in [3.63, 3.8) is 0 Å². The summed E-state index contributed by atoms with van der Waals surface area (Å²) in [6.45, 7) is 1.32. The Balaban J connectivity index is 2.17. The maximum Gasteiger partial charge on any atom is 0.329 e. The maximum absolute atomic E-state index is 11.1. The lowest BCUT2D eigenvalue weighted by Gasteiger charge is -2.02. The van der Waals surface area contributed by atoms with E-state index in [0.717, 1.165) is 5.76 Å². The van der Waals surface area contributed by atoms with Crippen LogP contribution in [0.1, 0.15) is 11.5 Å². The molecular weight excluding hydrogens is 214 g/mol. The van der Waals surface area contributed by atoms with Gasteiger partial charge in [-0.1, -0.05) is 0 Å². The summed E-state index contributed by atoms with van der Waals surface area (Å²) in [6.07, 6.45) is 0. The summed E-state index contributed by atoms with van der Waals surface area (Å²) in [7, 11) is 0. The molecule has 2 N–H and O–H groups in total. The Morgan fingerprint density at radius 1 is 1.44 bits per heavy atom. The summed E-state index contributed by atoms with van der Waals surface area (Å²) < 4.78 is 9.84. The molecule has 16 heavy (non-hydrogen) atoms. The topological polar surface area (TPSA) is 88.8 Å². The lowest BCUT2D eigenvalue weighted by atomic mass is 10.4. The first-order chi connectivity index (χ1) is 7.58. The van der Waals surface area contributed by atoms with Crippen LogP contribution in [0, 0.1) is 6.92 Å². The zero-order chi connectivity index (χ0) is 12.0. The summed E-state index contributed by atoms with van der Waals surface area (Å²) in [5.41, 5.74) is 0. The largest absolute Gasteiger partial charge is 0.480 e. The predicted molar refractivity (Wildman–Crippen MR) is 53.7 cm³/mol. The number of ether oxygens (including phenoxy) is 1. The maximum atomic E-state index is 11.1. The first kappa shape index (κ1) is 12.3. The van der Waals surface area contributed by atoms with Crippen molar-refractivity contribution in [3.8, 4) is 0 Å². The second-order valence-electron chi connectivity index (χ2n) is 3.18. The minimum atomic E-state index is -1.10. The lowest BCUT2D eigenvalue weighted by Crippen LogP contribution is -2.27. The highest BCUT2D eigenvalue weighted by atomic mass is 16.5. The lowest BCUT2D eigenvalue weighted by molar-refractivity contribution is -0.143. The van der Waals surface area contributed by atoms with Gasteiger partial charge in [-0.25, -0.2) is 4.79 Å². The third kappa shape index (κ3) is 4.61. The molecule has 1 amide bonds. The average Bonchev–Trinajstić information content (AvgIpc) is 2.61. The average molecular weight is 227 g/mol. The number of hydrogen-bond donors (Lipinski definition) is 2. The van der Waals surface area contributed by atoms with Gasteiger partial charge in [-0.2, -0.15) is 0 Å². The molecule has 0 aliphatic rings. The van der Waals surface area contributed by atoms with E-state index in [0.29, 0.717) is 5.76 Å². The van der Waals surface area contributed by atoms with Gasteiger partial charge in [-0.15, -0.1) is 0 Å². The Hall–Kier alpha value is -1.82. The smallest absolute Gasteiger partial charge is 0.329 e. The highest BCUT2D eigenvalue weighted by molar-refractivity contribution is 5.77. The van der Waals surface area contributed by atoms with Gasteiger partial charge >= 0.3 is 5.97 Å². The zero-order valence-electron chi connectivity index (χ0n) is 8.86. The van der Waals surface area contributed by atoms with Gasteiger partial charge in [0.2, 0.25) is 5.91 Å². The van der Waals surface area contributed by atoms with Gasteiger partial charge in [0.25, 0.3) is 0 Å². The number of nitrogens with one attached hydrogen (secondary N) is 1. The fourth-order valence-corrected chi connectivity index (χ4v) is 1.05. The van der Waals surface area contributed by atoms with Crippen LogP contribution in [0.2, 0.25) is 0 Å². The van der Waals surface area contributed by atoms with Crippen LogP contribution in [0.3, 0.4) is 0 Å². The van der Waals surface area contributed by atoms with Crippen LogP contribution in [-0.2, 0) is 20.9 Å². The van der Waals surface area contributed by atoms with Gasteiger partial charge in [0.15, 0.2) is 0 Å². The molecule has 1 aromatic heterocycles. The molecule has 6 nitrogen and oxygen atoms in total. The van der Waals surface area contributed by atoms with Gasteiger partial charge in [-0.3, -0.25) is 4.79 Å². The highest BCUT2D eigenvalue weighted by Crippen LogP contribution is 2.05. The van der Waals surface area contributed by atoms with Gasteiger partial charge in [0.05, 0.1) is 6.54 Å². The number of amides is 1. The highest BCUT2D eigenvalue weighted by Gasteiger charge is 2.05. The Morgan fingerprint density at radius 2 is 2.19 bits per heavy atom. The van der Waals surface area contributed by atoms with E-state index in [1.165, 1.54) is 0 Å². The van der Waals surface area contributed by atoms with Crippen LogP contribution in [-0.4, -0.2) is 30.2 Å². The molecule has 0 saturated carbocycles. The van der Waals surface area contributed by atoms with E-state index < -0.39 is 12.6 Å². The molecule has 0 fully saturated rings. The van der Waals surface area contributed by atoms with Gasteiger partial charge < -0.3 is 19.6 Å². The first-order valence-corrected chi connectivity index (χ1v) is 4.69. The number of carbonyl (C=O) groups is 2. The molecule has 0 unspecified atom stereocenters. The number of carboxylic acid groups (broad SMARTS) is 1. The predicted octanol–water partition coefficient (Wildman–Crippen LogP) is 0.305. The summed E-state index contributed by atoms with van der Waals surface area (Å²) in [5, 5.41) is 10.8. The number of furan rings is 1. The fourth-order valence-electron chi connectivity index (χ4n) is 1.05. The number of carboxylic acids is 1. The van der Waals surface area contributed by atoms with Crippen molar-refractivity contribution in [2.45, 2.75) is 13.5 Å². The normalized spacial score (nSPS) is 10.1. The molecule has 0 bridgehead atoms. The summed E-state index contributed by atoms with van der Waals surface area (Å²) in [4.78, 5) is 21.2. The Kier molecular flexibility index (Phi) is 4.53. The van der Waals surface area contributed by atoms with Gasteiger partial charge in [0, 0.05) is 0 Å². The molecule has 88 valence electrons. The summed E-state index contributed by atoms with van der Waals surface area (Å²) in [6, 6.07) is 3.55. The number of aliphatic carboxylic acids is 1. The standard InChI is InChI=1S/C10H13NO5/c1-7-2-3-8(16-7)4-11-9(12)5-15-6-10(13)14/h2-3H,4-6H2,1H3,(H,11,12)(H,13,14). The van der Waals surface area contributed by atoms with E-state index in [2.05, 4.69) is 10.1 Å². The van der Waals surface area contributed by atoms with Crippen LogP contribution in [0.15, 0.2) is 16.5 Å². The zero-order valence-corrected chi connectivity index (χ0v) is 8.86. The molecule has 0 radical (unpaired) electrons. The van der Waals surface area contributed by atoms with Gasteiger partial charge in [0.1, 0.15) is 24.7 Å². The minimum absolute atomic E-state index is 0.267. The van der Waals surface area contributed by atoms with Crippen LogP contribution in [0.25, 0.3) is 0 Å². The third-order valence-electron chi connectivity index (χ3n) is 1.71. The van der Waals surface area contributed by atoms with E-state index in [-0.39, 0.29) is 19.1 Å². The SMILES string of the molecule is Cc1ccc(CNC(=O)COCC(=O)O)o1. The summed E-state index contributed by atoms with van der Waals surface area (Å²) in [5.74, 6) is -0.0692. The summed E-state index contributed by atoms with van der Waals surface area (Å²) >= 11 is 0. The van der Waals surface area contributed by atoms with Crippen molar-refractivity contribution >= 4 is 11.9 Å². The molecule has 0 aliphatic carbocycles. The molecule has 1 aromatic rings. The van der Waals surface area contributed by atoms with Gasteiger partial charge in [-0.05, 0) is 19.1 Å². The van der Waals surface area contributed by atoms with Crippen LogP contribution in [0.4, 0.5) is 0 Å². The number of aryl methyl sites for hydroxylation is 1. The molecule has 0 aliphatic heterocycles. The van der Waals surface area contributed by atoms with E-state index in [1.807, 2.05) is 0 Å². The second-order valence-corrected chi connectivity index (χ2v) is 3.18. The Labute approximate surface area is 92.2 Å². The third-order valence-corrected chi connectivity index (χ3v) is 1.71. The Bertz CT molecular complexity index is 371. The van der Waals surface area contributed by atoms with Crippen LogP contribution < -0.4 is 5.32 Å². The number of hydrogen-bond acceptors (Lipinski definition) is 4. The van der Waals surface area contributed by atoms with E-state index >= 15 is 0 Å². The van der Waals surface area contributed by atoms with Crippen molar-refractivity contribution in [1.82, 2.24) is 5.32 Å². The molecule has 0 atom stereocenters. The molecular formula is C10H13NO5. The Morgan fingerprint density at radius 3 is 2.75 bits per heavy atom. The molecule has 0 spiro atoms. The molecule has 0 aromatic carbocycles. The molecule has 1 heterocycles. The fraction of sp³-hybridized carbons (Fsp3) is 0.400. The van der Waals surface area contributed by atoms with Crippen molar-refractivity contribution in [1.29, 1.82) is 0 Å². The minimum Gasteiger partial charge on any atom is -0.480 e. The number of rotatable bonds is 6. The molecule has 0 saturated heterocycles. The van der Waals surface area contributed by atoms with Crippen LogP contribution in [0.5, 0.6) is 0 Å². The van der Waals surface area contributed by atoms with Crippen molar-refractivity contribution in [3.05, 3.63) is 23.7 Å². The van der Waals surface area contributed by atoms with Crippen LogP contribution >= 0.6 is 0 Å². The molecule has 1 rings (SSSR count). The monoisotopic (exact) mass is 227 g/mol. The van der Waals surface area contributed by atoms with Crippen molar-refractivity contribution in [2.24, 2.45) is 0 Å². The molecule has 6 heteroatoms.